The summed E-state index contributed by atoms with van der Waals surface area (Å²) in [4.78, 5) is 29.1. The molecule has 4 N–H and O–H groups in total. The minimum Gasteiger partial charge on any atom is -0.481 e. The molecule has 2 bridgehead atoms. The van der Waals surface area contributed by atoms with Crippen molar-refractivity contribution >= 4 is 31.4 Å². The Morgan fingerprint density at radius 3 is 2.65 bits per heavy atom. The summed E-state index contributed by atoms with van der Waals surface area (Å²) in [5, 5.41) is 16.7. The van der Waals surface area contributed by atoms with Gasteiger partial charge in [-0.15, -0.1) is 12.4 Å². The second-order valence-corrected chi connectivity index (χ2v) is 12.1. The summed E-state index contributed by atoms with van der Waals surface area (Å²) >= 11 is 0. The summed E-state index contributed by atoms with van der Waals surface area (Å²) in [6.45, 7) is 7.34. The van der Waals surface area contributed by atoms with Gasteiger partial charge in [-0.3, -0.25) is 9.59 Å². The van der Waals surface area contributed by atoms with Crippen molar-refractivity contribution in [3.05, 3.63) is 47.5 Å². The maximum absolute atomic E-state index is 13.4. The molecular formula is C28H41BClN5O5. The first-order valence-electron chi connectivity index (χ1n) is 14.1. The van der Waals surface area contributed by atoms with E-state index in [1.807, 2.05) is 30.3 Å². The average molecular weight is 574 g/mol. The molecule has 1 aromatic carbocycles. The quantitative estimate of drug-likeness (QED) is 0.260. The monoisotopic (exact) mass is 573 g/mol. The minimum atomic E-state index is -1.02. The van der Waals surface area contributed by atoms with E-state index in [0.29, 0.717) is 37.0 Å². The van der Waals surface area contributed by atoms with Gasteiger partial charge in [-0.1, -0.05) is 50.6 Å². The van der Waals surface area contributed by atoms with E-state index in [1.54, 1.807) is 0 Å². The Kier molecular flexibility index (Phi) is 9.29. The van der Waals surface area contributed by atoms with E-state index in [4.69, 9.17) is 15.0 Å². The smallest absolute Gasteiger partial charge is 0.481 e. The van der Waals surface area contributed by atoms with E-state index in [2.05, 4.69) is 36.2 Å². The molecule has 3 aliphatic carbocycles. The number of unbranched alkanes of at least 4 members (excludes halogenated alkanes) is 1. The average Bonchev–Trinajstić information content (AvgIpc) is 3.42. The summed E-state index contributed by atoms with van der Waals surface area (Å²) in [6.07, 6.45) is 4.68. The molecular weight excluding hydrogens is 533 g/mol. The Hall–Kier alpha value is -2.47. The van der Waals surface area contributed by atoms with Crippen molar-refractivity contribution in [2.45, 2.75) is 89.9 Å². The van der Waals surface area contributed by atoms with Crippen LogP contribution in [-0.4, -0.2) is 63.1 Å². The van der Waals surface area contributed by atoms with Crippen LogP contribution in [0, 0.1) is 17.3 Å². The van der Waals surface area contributed by atoms with Crippen molar-refractivity contribution in [1.29, 1.82) is 0 Å². The molecule has 2 heterocycles. The number of aliphatic carboxylic acids is 1. The summed E-state index contributed by atoms with van der Waals surface area (Å²) in [5.74, 6) is 0.209. The zero-order valence-electron chi connectivity index (χ0n) is 23.5. The number of benzene rings is 1. The lowest BCUT2D eigenvalue weighted by molar-refractivity contribution is -0.199. The zero-order valence-corrected chi connectivity index (χ0v) is 24.4. The number of nitrogens with two attached hydrogens (primary N) is 1. The maximum atomic E-state index is 13.4. The molecule has 3 saturated carbocycles. The number of nitrogens with one attached hydrogen (secondary N) is 1. The van der Waals surface area contributed by atoms with Crippen molar-refractivity contribution < 1.29 is 24.0 Å². The zero-order chi connectivity index (χ0) is 27.8. The van der Waals surface area contributed by atoms with E-state index >= 15 is 0 Å². The van der Waals surface area contributed by atoms with Gasteiger partial charge >= 0.3 is 13.1 Å². The van der Waals surface area contributed by atoms with E-state index in [0.717, 1.165) is 31.2 Å². The Labute approximate surface area is 242 Å². The van der Waals surface area contributed by atoms with Gasteiger partial charge in [0.25, 0.3) is 0 Å². The van der Waals surface area contributed by atoms with Crippen molar-refractivity contribution in [3.63, 3.8) is 0 Å². The molecule has 40 heavy (non-hydrogen) atoms. The van der Waals surface area contributed by atoms with Crippen molar-refractivity contribution in [2.24, 2.45) is 23.0 Å². The Balaban J connectivity index is 0.00000370. The molecule has 5 unspecified atom stereocenters. The number of carboxylic acids is 1. The largest absolute Gasteiger partial charge is 0.481 e. The summed E-state index contributed by atoms with van der Waals surface area (Å²) in [6, 6.07) is 9.71. The Morgan fingerprint density at radius 2 is 1.98 bits per heavy atom. The number of amides is 1. The fourth-order valence-corrected chi connectivity index (χ4v) is 6.92. The number of halogens is 1. The van der Waals surface area contributed by atoms with Crippen LogP contribution in [0.3, 0.4) is 0 Å². The molecule has 12 heteroatoms. The Bertz CT molecular complexity index is 1200. The lowest BCUT2D eigenvalue weighted by Gasteiger charge is -2.64. The fourth-order valence-electron chi connectivity index (χ4n) is 6.92. The van der Waals surface area contributed by atoms with Gasteiger partial charge in [0, 0.05) is 6.42 Å². The molecule has 4 aliphatic rings. The number of nitrogens with zero attached hydrogens (tertiary/aromatic N) is 3. The number of hydrogen-bond acceptors (Lipinski definition) is 7. The van der Waals surface area contributed by atoms with Crippen LogP contribution in [0.2, 0.25) is 0 Å². The normalized spacial score (nSPS) is 26.8. The first kappa shape index (κ1) is 30.5. The third kappa shape index (κ3) is 6.07. The predicted octanol–water partition coefficient (Wildman–Crippen LogP) is 2.80. The van der Waals surface area contributed by atoms with Gasteiger partial charge in [0.1, 0.15) is 18.8 Å². The molecule has 4 fully saturated rings. The number of carbonyl (C=O) groups excluding carboxylic acids is 1. The first-order valence-corrected chi connectivity index (χ1v) is 14.1. The number of carbonyl (C=O) groups is 2. The van der Waals surface area contributed by atoms with E-state index in [9.17, 15) is 14.7 Å². The van der Waals surface area contributed by atoms with Crippen LogP contribution < -0.4 is 11.1 Å². The minimum absolute atomic E-state index is 0. The molecule has 1 amide bonds. The topological polar surface area (TPSA) is 142 Å². The molecule has 218 valence electrons. The van der Waals surface area contributed by atoms with Crippen LogP contribution in [0.15, 0.2) is 30.3 Å². The van der Waals surface area contributed by atoms with Crippen LogP contribution in [-0.2, 0) is 38.3 Å². The molecule has 6 rings (SSSR count). The van der Waals surface area contributed by atoms with Crippen LogP contribution in [0.5, 0.6) is 0 Å². The standard InChI is InChI=1S/C28H40BN5O5.ClH/c1-27(2)19-14-20(27)28(3)21(15-19)38-29(39-28)22(11-7-8-12-30)31-25(35)17-34-24(13-18-9-5-4-6-10-18)32-23(33-34)16-26(36)37;/h4-6,9-10,19-22H,7-8,11-17,30H2,1-3H3,(H,31,35)(H,36,37);1H. The molecule has 0 radical (unpaired) electrons. The summed E-state index contributed by atoms with van der Waals surface area (Å²) in [7, 11) is -0.529. The van der Waals surface area contributed by atoms with Gasteiger partial charge in [-0.2, -0.15) is 5.10 Å². The fraction of sp³-hybridized carbons (Fsp3) is 0.643. The number of aromatic nitrogens is 3. The van der Waals surface area contributed by atoms with Crippen molar-refractivity contribution in [3.8, 4) is 0 Å². The highest BCUT2D eigenvalue weighted by Crippen LogP contribution is 2.65. The molecule has 10 nitrogen and oxygen atoms in total. The van der Waals surface area contributed by atoms with Gasteiger partial charge < -0.3 is 25.5 Å². The van der Waals surface area contributed by atoms with Gasteiger partial charge in [0.15, 0.2) is 5.82 Å². The van der Waals surface area contributed by atoms with Gasteiger partial charge in [0.05, 0.1) is 17.6 Å². The van der Waals surface area contributed by atoms with Gasteiger partial charge in [-0.05, 0) is 62.0 Å². The first-order chi connectivity index (χ1) is 18.6. The second kappa shape index (κ2) is 12.2. The van der Waals surface area contributed by atoms with E-state index in [-0.39, 0.29) is 60.2 Å². The van der Waals surface area contributed by atoms with E-state index in [1.165, 1.54) is 4.68 Å². The molecule has 1 saturated heterocycles. The number of carboxylic acid groups (broad SMARTS) is 1. The third-order valence-corrected chi connectivity index (χ3v) is 9.21. The molecule has 0 spiro atoms. The van der Waals surface area contributed by atoms with Crippen LogP contribution >= 0.6 is 12.4 Å². The number of hydrogen-bond donors (Lipinski definition) is 3. The molecule has 1 aliphatic heterocycles. The third-order valence-electron chi connectivity index (χ3n) is 9.21. The maximum Gasteiger partial charge on any atom is 0.481 e. The highest BCUT2D eigenvalue weighted by atomic mass is 35.5. The molecule has 1 aromatic heterocycles. The highest BCUT2D eigenvalue weighted by molar-refractivity contribution is 6.47. The van der Waals surface area contributed by atoms with E-state index < -0.39 is 13.1 Å². The van der Waals surface area contributed by atoms with Crippen molar-refractivity contribution in [1.82, 2.24) is 20.1 Å². The van der Waals surface area contributed by atoms with Crippen LogP contribution in [0.4, 0.5) is 0 Å². The Morgan fingerprint density at radius 1 is 1.23 bits per heavy atom. The van der Waals surface area contributed by atoms with Crippen LogP contribution in [0.1, 0.15) is 70.1 Å². The molecule has 2 aromatic rings. The highest BCUT2D eigenvalue weighted by Gasteiger charge is 2.68. The van der Waals surface area contributed by atoms with Crippen LogP contribution in [0.25, 0.3) is 0 Å². The summed E-state index contributed by atoms with van der Waals surface area (Å²) < 4.78 is 14.7. The second-order valence-electron chi connectivity index (χ2n) is 12.1. The predicted molar refractivity (Wildman–Crippen MR) is 153 cm³/mol. The lowest BCUT2D eigenvalue weighted by Crippen LogP contribution is -2.65. The van der Waals surface area contributed by atoms with Gasteiger partial charge in [0.2, 0.25) is 5.91 Å². The van der Waals surface area contributed by atoms with Gasteiger partial charge in [-0.25, -0.2) is 9.67 Å². The van der Waals surface area contributed by atoms with Crippen molar-refractivity contribution in [2.75, 3.05) is 6.54 Å². The number of rotatable bonds is 12. The lowest BCUT2D eigenvalue weighted by atomic mass is 9.43. The SMILES string of the molecule is CC1(C)C2CC3OB(C(CCCCN)NC(=O)Cn4nc(CC(=O)O)nc4Cc4ccccc4)OC3(C)C1C2.Cl. The molecule has 5 atom stereocenters. The summed E-state index contributed by atoms with van der Waals surface area (Å²) in [5.41, 5.74) is 6.62.